The fourth-order valence-corrected chi connectivity index (χ4v) is 2.50. The van der Waals surface area contributed by atoms with Gasteiger partial charge in [-0.2, -0.15) is 0 Å². The van der Waals surface area contributed by atoms with Gasteiger partial charge in [-0.25, -0.2) is 4.98 Å². The fraction of sp³-hybridized carbons (Fsp3) is 0.429. The van der Waals surface area contributed by atoms with Gasteiger partial charge >= 0.3 is 0 Å². The lowest BCUT2D eigenvalue weighted by Crippen LogP contribution is -2.10. The van der Waals surface area contributed by atoms with Gasteiger partial charge in [-0.1, -0.05) is 6.92 Å². The average Bonchev–Trinajstić information content (AvgIpc) is 2.84. The van der Waals surface area contributed by atoms with Crippen LogP contribution in [0, 0.1) is 6.92 Å². The van der Waals surface area contributed by atoms with Crippen molar-refractivity contribution in [2.45, 2.75) is 32.7 Å². The minimum Gasteiger partial charge on any atom is -0.492 e. The van der Waals surface area contributed by atoms with Gasteiger partial charge in [0.15, 0.2) is 0 Å². The molecule has 0 aromatic carbocycles. The third kappa shape index (κ3) is 3.75. The summed E-state index contributed by atoms with van der Waals surface area (Å²) in [5, 5.41) is 0. The van der Waals surface area contributed by atoms with E-state index in [2.05, 4.69) is 9.97 Å². The van der Waals surface area contributed by atoms with Crippen LogP contribution in [0.5, 0.6) is 5.75 Å². The summed E-state index contributed by atoms with van der Waals surface area (Å²) in [6.07, 6.45) is 3.51. The molecular weight excluding hydrogens is 258 g/mol. The number of rotatable bonds is 6. The lowest BCUT2D eigenvalue weighted by atomic mass is 10.1. The maximum Gasteiger partial charge on any atom is 0.137 e. The molecule has 5 heteroatoms. The molecule has 2 heterocycles. The Morgan fingerprint density at radius 2 is 2.21 bits per heavy atom. The van der Waals surface area contributed by atoms with Crippen molar-refractivity contribution in [3.63, 3.8) is 0 Å². The van der Waals surface area contributed by atoms with E-state index >= 15 is 0 Å². The lowest BCUT2D eigenvalue weighted by Gasteiger charge is -2.09. The Labute approximate surface area is 117 Å². The van der Waals surface area contributed by atoms with E-state index in [1.54, 1.807) is 17.5 Å². The van der Waals surface area contributed by atoms with Gasteiger partial charge < -0.3 is 10.5 Å². The Kier molecular flexibility index (Phi) is 4.87. The SMILES string of the molecule is CCC(N)c1ccc(OCCc2scnc2C)cn1. The molecule has 0 amide bonds. The maximum absolute atomic E-state index is 5.92. The zero-order valence-electron chi connectivity index (χ0n) is 11.3. The number of nitrogens with zero attached hydrogens (tertiary/aromatic N) is 2. The number of pyridine rings is 1. The molecule has 0 aliphatic carbocycles. The molecule has 2 aromatic heterocycles. The van der Waals surface area contributed by atoms with Gasteiger partial charge in [-0.15, -0.1) is 11.3 Å². The van der Waals surface area contributed by atoms with Crippen LogP contribution < -0.4 is 10.5 Å². The van der Waals surface area contributed by atoms with E-state index in [-0.39, 0.29) is 6.04 Å². The zero-order valence-corrected chi connectivity index (χ0v) is 12.1. The standard InChI is InChI=1S/C14H19N3OS/c1-3-12(15)13-5-4-11(8-16-13)18-7-6-14-10(2)17-9-19-14/h4-5,8-9,12H,3,6-7,15H2,1-2H3. The predicted octanol–water partition coefficient (Wildman–Crippen LogP) is 2.88. The highest BCUT2D eigenvalue weighted by Crippen LogP contribution is 2.16. The zero-order chi connectivity index (χ0) is 13.7. The Hall–Kier alpha value is -1.46. The number of aryl methyl sites for hydroxylation is 1. The van der Waals surface area contributed by atoms with Crippen molar-refractivity contribution in [2.75, 3.05) is 6.61 Å². The molecule has 0 saturated heterocycles. The fourth-order valence-electron chi connectivity index (χ4n) is 1.73. The minimum atomic E-state index is 0.00823. The van der Waals surface area contributed by atoms with Crippen LogP contribution in [0.1, 0.15) is 35.7 Å². The van der Waals surface area contributed by atoms with Gasteiger partial charge in [0, 0.05) is 17.3 Å². The van der Waals surface area contributed by atoms with Gasteiger partial charge in [-0.3, -0.25) is 4.98 Å². The van der Waals surface area contributed by atoms with Crippen molar-refractivity contribution in [2.24, 2.45) is 5.73 Å². The van der Waals surface area contributed by atoms with Crippen LogP contribution in [0.25, 0.3) is 0 Å². The summed E-state index contributed by atoms with van der Waals surface area (Å²) in [7, 11) is 0. The molecule has 0 saturated carbocycles. The molecule has 4 nitrogen and oxygen atoms in total. The topological polar surface area (TPSA) is 61.0 Å². The summed E-state index contributed by atoms with van der Waals surface area (Å²) >= 11 is 1.67. The lowest BCUT2D eigenvalue weighted by molar-refractivity contribution is 0.321. The van der Waals surface area contributed by atoms with Crippen LogP contribution in [-0.4, -0.2) is 16.6 Å². The van der Waals surface area contributed by atoms with Crippen LogP contribution in [0.2, 0.25) is 0 Å². The number of ether oxygens (including phenoxy) is 1. The van der Waals surface area contributed by atoms with Gasteiger partial charge in [0.05, 0.1) is 29.7 Å². The van der Waals surface area contributed by atoms with Gasteiger partial charge in [0.1, 0.15) is 5.75 Å². The van der Waals surface area contributed by atoms with Crippen molar-refractivity contribution < 1.29 is 4.74 Å². The predicted molar refractivity (Wildman–Crippen MR) is 77.5 cm³/mol. The molecule has 2 aromatic rings. The number of hydrogen-bond acceptors (Lipinski definition) is 5. The van der Waals surface area contributed by atoms with Crippen molar-refractivity contribution in [1.82, 2.24) is 9.97 Å². The van der Waals surface area contributed by atoms with E-state index < -0.39 is 0 Å². The van der Waals surface area contributed by atoms with Crippen LogP contribution >= 0.6 is 11.3 Å². The van der Waals surface area contributed by atoms with Crippen molar-refractivity contribution >= 4 is 11.3 Å². The Bertz CT molecular complexity index is 510. The number of hydrogen-bond donors (Lipinski definition) is 1. The van der Waals surface area contributed by atoms with E-state index in [1.165, 1.54) is 4.88 Å². The Balaban J connectivity index is 1.85. The first kappa shape index (κ1) is 14.0. The first-order valence-corrected chi connectivity index (χ1v) is 7.32. The third-order valence-corrected chi connectivity index (χ3v) is 4.02. The average molecular weight is 277 g/mol. The summed E-state index contributed by atoms with van der Waals surface area (Å²) in [6, 6.07) is 3.87. The van der Waals surface area contributed by atoms with E-state index in [9.17, 15) is 0 Å². The summed E-state index contributed by atoms with van der Waals surface area (Å²) in [5.74, 6) is 0.786. The van der Waals surface area contributed by atoms with Crippen molar-refractivity contribution in [3.05, 3.63) is 40.1 Å². The summed E-state index contributed by atoms with van der Waals surface area (Å²) in [5.41, 5.74) is 9.79. The molecule has 2 rings (SSSR count). The monoisotopic (exact) mass is 277 g/mol. The number of nitrogens with two attached hydrogens (primary N) is 1. The van der Waals surface area contributed by atoms with E-state index in [1.807, 2.05) is 31.5 Å². The van der Waals surface area contributed by atoms with Gasteiger partial charge in [0.2, 0.25) is 0 Å². The summed E-state index contributed by atoms with van der Waals surface area (Å²) in [6.45, 7) is 4.71. The highest BCUT2D eigenvalue weighted by molar-refractivity contribution is 7.09. The number of thiazole rings is 1. The maximum atomic E-state index is 5.92. The van der Waals surface area contributed by atoms with E-state index in [4.69, 9.17) is 10.5 Å². The van der Waals surface area contributed by atoms with Gasteiger partial charge in [0.25, 0.3) is 0 Å². The molecule has 102 valence electrons. The van der Waals surface area contributed by atoms with Crippen LogP contribution in [0.3, 0.4) is 0 Å². The molecule has 0 radical (unpaired) electrons. The van der Waals surface area contributed by atoms with Crippen LogP contribution in [-0.2, 0) is 6.42 Å². The highest BCUT2D eigenvalue weighted by atomic mass is 32.1. The smallest absolute Gasteiger partial charge is 0.137 e. The second-order valence-corrected chi connectivity index (χ2v) is 5.33. The third-order valence-electron chi connectivity index (χ3n) is 3.02. The minimum absolute atomic E-state index is 0.00823. The summed E-state index contributed by atoms with van der Waals surface area (Å²) in [4.78, 5) is 9.82. The molecule has 0 aliphatic rings. The van der Waals surface area contributed by atoms with Crippen molar-refractivity contribution in [3.8, 4) is 5.75 Å². The molecule has 1 unspecified atom stereocenters. The summed E-state index contributed by atoms with van der Waals surface area (Å²) < 4.78 is 5.68. The first-order chi connectivity index (χ1) is 9.20. The quantitative estimate of drug-likeness (QED) is 0.882. The normalized spacial score (nSPS) is 12.4. The highest BCUT2D eigenvalue weighted by Gasteiger charge is 2.05. The molecule has 0 aliphatic heterocycles. The second kappa shape index (κ2) is 6.63. The molecular formula is C14H19N3OS. The van der Waals surface area contributed by atoms with E-state index in [0.29, 0.717) is 6.61 Å². The second-order valence-electron chi connectivity index (χ2n) is 4.39. The largest absolute Gasteiger partial charge is 0.492 e. The molecule has 0 spiro atoms. The first-order valence-electron chi connectivity index (χ1n) is 6.44. The number of aromatic nitrogens is 2. The van der Waals surface area contributed by atoms with Gasteiger partial charge in [-0.05, 0) is 25.5 Å². The molecule has 19 heavy (non-hydrogen) atoms. The molecule has 1 atom stereocenters. The Morgan fingerprint density at radius 3 is 2.79 bits per heavy atom. The van der Waals surface area contributed by atoms with Crippen LogP contribution in [0.4, 0.5) is 0 Å². The van der Waals surface area contributed by atoms with E-state index in [0.717, 1.165) is 30.0 Å². The molecule has 2 N–H and O–H groups in total. The van der Waals surface area contributed by atoms with Crippen molar-refractivity contribution in [1.29, 1.82) is 0 Å². The van der Waals surface area contributed by atoms with Crippen LogP contribution in [0.15, 0.2) is 23.8 Å². The molecule has 0 fully saturated rings. The Morgan fingerprint density at radius 1 is 1.37 bits per heavy atom. The molecule has 0 bridgehead atoms.